The van der Waals surface area contributed by atoms with Crippen molar-refractivity contribution in [1.29, 1.82) is 0 Å². The van der Waals surface area contributed by atoms with Crippen molar-refractivity contribution >= 4 is 321 Å². The van der Waals surface area contributed by atoms with Crippen molar-refractivity contribution in [2.45, 2.75) is 0 Å². The van der Waals surface area contributed by atoms with E-state index in [-0.39, 0.29) is 0 Å². The van der Waals surface area contributed by atoms with Gasteiger partial charge in [0, 0.05) is 21.5 Å². The van der Waals surface area contributed by atoms with Gasteiger partial charge in [0.05, 0.1) is 0 Å². The van der Waals surface area contributed by atoms with Crippen LogP contribution in [0.3, 0.4) is 0 Å². The first-order valence-electron chi connectivity index (χ1n) is 28.8. The average molecular weight is 1000 g/mol. The second kappa shape index (κ2) is 17.1. The van der Waals surface area contributed by atoms with Crippen molar-refractivity contribution in [3.05, 3.63) is 109 Å². The molecule has 15 rings (SSSR count). The lowest BCUT2D eigenvalue weighted by molar-refractivity contribution is 0.674. The second-order valence-corrected chi connectivity index (χ2v) is 24.2. The lowest BCUT2D eigenvalue weighted by Gasteiger charge is -2.28. The summed E-state index contributed by atoms with van der Waals surface area (Å²) in [7, 11) is 37.3. The van der Waals surface area contributed by atoms with E-state index in [4.69, 9.17) is 8.83 Å². The molecule has 0 radical (unpaired) electrons. The molecule has 13 aromatic carbocycles. The molecular formula is C62H50B16O2. The Balaban J connectivity index is 0.974. The standard InChI is InChI=1S/C62H50B16O2/c63-43-33(27-17-13-23-9-7-19-3-1-5-21-11-15-25(27)31(23)29(19)21)48(68)55(75)59-39(43)41-46(66)37(52(72)57(77)61(41)79-59)35-45(65)36(51(71)54(74)50(35)70)38-47(67)42-40-44(64)34(49(69)56(76)60(40)80-62(42)58(78)53(38)73)28-18-14-24-10-8-20-4-2-6-22-12-16-26(28)32(24)30(20)22/h1-18H,63-78H2. The van der Waals surface area contributed by atoms with Crippen LogP contribution >= 0.6 is 0 Å². The molecule has 0 spiro atoms. The Bertz CT molecular complexity index is 5030. The molecule has 0 aliphatic carbocycles. The summed E-state index contributed by atoms with van der Waals surface area (Å²) >= 11 is 0. The average Bonchev–Trinajstić information content (AvgIpc) is 3.27. The monoisotopic (exact) mass is 1000 g/mol. The molecule has 0 unspecified atom stereocenters. The number of fused-ring (bicyclic) bond motifs is 6. The SMILES string of the molecule is Bc1c(B)c(-c2c(B)c(B)c3oc4c(B)c(B)c(-c5ccc6ccc7cccc8ccc5c6c78)c(B)c4c3c2B)c(B)c(-c2c(B)c(B)c3oc4c(B)c(B)c(-c5ccc6ccc7cccc8ccc5c6c78)c(B)c4c3c2B)c1B. The van der Waals surface area contributed by atoms with Crippen LogP contribution in [-0.4, -0.2) is 126 Å². The smallest absolute Gasteiger partial charge is 0.143 e. The van der Waals surface area contributed by atoms with Crippen molar-refractivity contribution in [3.8, 4) is 44.5 Å². The quantitative estimate of drug-likeness (QED) is 0.130. The van der Waals surface area contributed by atoms with Crippen LogP contribution in [0.15, 0.2) is 118 Å². The second-order valence-electron chi connectivity index (χ2n) is 24.2. The van der Waals surface area contributed by atoms with Gasteiger partial charge >= 0.3 is 0 Å². The fourth-order valence-electron chi connectivity index (χ4n) is 16.0. The molecule has 80 heavy (non-hydrogen) atoms. The molecule has 0 aliphatic heterocycles. The molecule has 0 bridgehead atoms. The lowest BCUT2D eigenvalue weighted by atomic mass is 9.57. The van der Waals surface area contributed by atoms with Crippen molar-refractivity contribution in [2.24, 2.45) is 0 Å². The van der Waals surface area contributed by atoms with E-state index >= 15 is 0 Å². The fourth-order valence-corrected chi connectivity index (χ4v) is 16.0. The first kappa shape index (κ1) is 49.6. The maximum Gasteiger partial charge on any atom is 0.143 e. The third-order valence-corrected chi connectivity index (χ3v) is 20.6. The zero-order valence-corrected chi connectivity index (χ0v) is 49.2. The summed E-state index contributed by atoms with van der Waals surface area (Å²) in [5.41, 5.74) is 34.8. The predicted molar refractivity (Wildman–Crippen MR) is 401 cm³/mol. The molecule has 0 saturated carbocycles. The minimum atomic E-state index is 0.998. The largest absolute Gasteiger partial charge is 0.457 e. The van der Waals surface area contributed by atoms with Crippen LogP contribution in [0.2, 0.25) is 0 Å². The van der Waals surface area contributed by atoms with Gasteiger partial charge in [-0.1, -0.05) is 191 Å². The number of benzene rings is 13. The van der Waals surface area contributed by atoms with Crippen LogP contribution in [0.4, 0.5) is 0 Å². The summed E-state index contributed by atoms with van der Waals surface area (Å²) in [4.78, 5) is 0. The zero-order chi connectivity index (χ0) is 55.5. The number of furan rings is 2. The summed E-state index contributed by atoms with van der Waals surface area (Å²) in [5.74, 6) is 0. The Labute approximate surface area is 480 Å². The van der Waals surface area contributed by atoms with Gasteiger partial charge in [-0.25, -0.2) is 0 Å². The van der Waals surface area contributed by atoms with E-state index in [9.17, 15) is 0 Å². The summed E-state index contributed by atoms with van der Waals surface area (Å²) in [6.45, 7) is 0. The van der Waals surface area contributed by atoms with Gasteiger partial charge in [0.2, 0.25) is 0 Å². The Morgan fingerprint density at radius 1 is 0.188 bits per heavy atom. The molecule has 0 amide bonds. The fraction of sp³-hybridized carbons (Fsp3) is 0. The van der Waals surface area contributed by atoms with Gasteiger partial charge in [-0.05, 0) is 109 Å². The third-order valence-electron chi connectivity index (χ3n) is 20.6. The van der Waals surface area contributed by atoms with Crippen molar-refractivity contribution in [1.82, 2.24) is 0 Å². The maximum absolute atomic E-state index is 7.21. The minimum absolute atomic E-state index is 0.998. The Kier molecular flexibility index (Phi) is 10.6. The van der Waals surface area contributed by atoms with Gasteiger partial charge in [0.15, 0.2) is 0 Å². The van der Waals surface area contributed by atoms with Gasteiger partial charge in [-0.3, -0.25) is 0 Å². The Morgan fingerprint density at radius 3 is 0.775 bits per heavy atom. The van der Waals surface area contributed by atoms with Gasteiger partial charge in [0.25, 0.3) is 0 Å². The molecular weight excluding hydrogens is 950 g/mol. The zero-order valence-electron chi connectivity index (χ0n) is 49.2. The topological polar surface area (TPSA) is 26.3 Å². The third kappa shape index (κ3) is 6.21. The van der Waals surface area contributed by atoms with Crippen LogP contribution in [-0.2, 0) is 0 Å². The number of hydrogen-bond donors (Lipinski definition) is 0. The van der Waals surface area contributed by atoms with Crippen molar-refractivity contribution in [2.75, 3.05) is 0 Å². The number of rotatable bonds is 4. The highest BCUT2D eigenvalue weighted by molar-refractivity contribution is 6.71. The Hall–Kier alpha value is -7.42. The van der Waals surface area contributed by atoms with E-state index in [1.54, 1.807) is 0 Å². The highest BCUT2D eigenvalue weighted by Crippen LogP contribution is 2.42. The lowest BCUT2D eigenvalue weighted by Crippen LogP contribution is -2.50. The highest BCUT2D eigenvalue weighted by Gasteiger charge is 2.30. The molecule has 18 heteroatoms. The minimum Gasteiger partial charge on any atom is -0.457 e. The molecule has 0 saturated heterocycles. The van der Waals surface area contributed by atoms with Crippen LogP contribution < -0.4 is 87.4 Å². The van der Waals surface area contributed by atoms with Crippen LogP contribution in [0.25, 0.3) is 153 Å². The van der Waals surface area contributed by atoms with E-state index in [1.807, 2.05) is 0 Å². The van der Waals surface area contributed by atoms with Crippen LogP contribution in [0.5, 0.6) is 0 Å². The summed E-state index contributed by atoms with van der Waals surface area (Å²) in [6.07, 6.45) is 0. The van der Waals surface area contributed by atoms with E-state index in [0.717, 1.165) is 22.3 Å². The Morgan fingerprint density at radius 2 is 0.438 bits per heavy atom. The van der Waals surface area contributed by atoms with Crippen LogP contribution in [0, 0.1) is 0 Å². The normalized spacial score (nSPS) is 12.3. The van der Waals surface area contributed by atoms with Gasteiger partial charge in [-0.15, -0.1) is 5.46 Å². The first-order chi connectivity index (χ1) is 38.4. The first-order valence-corrected chi connectivity index (χ1v) is 28.8. The van der Waals surface area contributed by atoms with Gasteiger partial charge in [0.1, 0.15) is 148 Å². The molecule has 0 aliphatic rings. The summed E-state index contributed by atoms with van der Waals surface area (Å²) in [5, 5.41) is 20.6. The number of hydrogen-bond acceptors (Lipinski definition) is 2. The van der Waals surface area contributed by atoms with Gasteiger partial charge < -0.3 is 8.83 Å². The van der Waals surface area contributed by atoms with Crippen molar-refractivity contribution < 1.29 is 8.83 Å². The molecule has 2 nitrogen and oxygen atoms in total. The van der Waals surface area contributed by atoms with E-state index in [1.165, 1.54) is 218 Å². The van der Waals surface area contributed by atoms with E-state index < -0.39 is 0 Å². The molecule has 0 N–H and O–H groups in total. The highest BCUT2D eigenvalue weighted by atomic mass is 16.3. The van der Waals surface area contributed by atoms with E-state index in [2.05, 4.69) is 235 Å². The maximum atomic E-state index is 7.21. The van der Waals surface area contributed by atoms with Crippen LogP contribution in [0.1, 0.15) is 0 Å². The molecule has 15 aromatic rings. The molecule has 358 valence electrons. The van der Waals surface area contributed by atoms with Crippen molar-refractivity contribution in [3.63, 3.8) is 0 Å². The summed E-state index contributed by atoms with van der Waals surface area (Å²) < 4.78 is 14.4. The predicted octanol–water partition coefficient (Wildman–Crippen LogP) is -9.92. The molecule has 0 atom stereocenters. The molecule has 2 aromatic heterocycles. The molecule has 0 fully saturated rings. The summed E-state index contributed by atoms with van der Waals surface area (Å²) in [6, 6.07) is 41.2. The van der Waals surface area contributed by atoms with E-state index in [0.29, 0.717) is 0 Å². The van der Waals surface area contributed by atoms with Gasteiger partial charge in [-0.2, -0.15) is 0 Å². The molecule has 2 heterocycles.